The van der Waals surface area contributed by atoms with Gasteiger partial charge in [-0.25, -0.2) is 0 Å². The van der Waals surface area contributed by atoms with Crippen LogP contribution < -0.4 is 5.84 Å². The first-order valence-corrected chi connectivity index (χ1v) is 7.35. The highest BCUT2D eigenvalue weighted by Crippen LogP contribution is 2.49. The molecule has 0 amide bonds. The highest BCUT2D eigenvalue weighted by atomic mass is 16.6. The summed E-state index contributed by atoms with van der Waals surface area (Å²) in [5.41, 5.74) is -1.68. The molecule has 0 aromatic carbocycles. The molecule has 1 aliphatic heterocycles. The second-order valence-electron chi connectivity index (χ2n) is 6.14. The molecule has 118 valence electrons. The molecule has 0 aromatic rings. The normalized spacial score (nSPS) is 30.3. The van der Waals surface area contributed by atoms with Gasteiger partial charge in [-0.3, -0.25) is 4.76 Å². The fraction of sp³-hybridized carbons (Fsp3) is 0.529. The predicted octanol–water partition coefficient (Wildman–Crippen LogP) is 3.11. The van der Waals surface area contributed by atoms with Crippen molar-refractivity contribution in [3.8, 4) is 0 Å². The van der Waals surface area contributed by atoms with Crippen LogP contribution in [-0.4, -0.2) is 27.0 Å². The molecule has 0 aliphatic carbocycles. The van der Waals surface area contributed by atoms with Gasteiger partial charge in [-0.15, -0.1) is 26.3 Å². The van der Waals surface area contributed by atoms with E-state index in [1.165, 1.54) is 0 Å². The third kappa shape index (κ3) is 2.90. The number of hydrogen-bond acceptors (Lipinski definition) is 3. The van der Waals surface area contributed by atoms with E-state index >= 15 is 0 Å². The summed E-state index contributed by atoms with van der Waals surface area (Å²) in [5, 5.41) is 23.9. The lowest BCUT2D eigenvalue weighted by Gasteiger charge is -2.65. The number of quaternary nitrogens is 1. The standard InChI is InChI=1S/C17H28N2O2/c1-5-9-16(10-6-2)13-15(20)14-17(11-7-3,12-8-4)19(16,18)21/h5-8,15,20H,1-4,9-14,18H2. The molecule has 0 unspecified atom stereocenters. The smallest absolute Gasteiger partial charge is 0.126 e. The second kappa shape index (κ2) is 6.71. The van der Waals surface area contributed by atoms with Crippen LogP contribution in [-0.2, 0) is 0 Å². The first-order chi connectivity index (χ1) is 9.84. The molecule has 1 rings (SSSR count). The van der Waals surface area contributed by atoms with Crippen LogP contribution in [0.15, 0.2) is 50.6 Å². The third-order valence-corrected chi connectivity index (χ3v) is 4.74. The lowest BCUT2D eigenvalue weighted by Crippen LogP contribution is -2.79. The van der Waals surface area contributed by atoms with E-state index < -0.39 is 21.9 Å². The molecule has 0 saturated carbocycles. The Morgan fingerprint density at radius 2 is 1.24 bits per heavy atom. The van der Waals surface area contributed by atoms with Crippen LogP contribution in [0.2, 0.25) is 0 Å². The molecule has 0 atom stereocenters. The molecule has 1 aliphatic rings. The number of hydrogen-bond donors (Lipinski definition) is 2. The van der Waals surface area contributed by atoms with E-state index in [2.05, 4.69) is 26.3 Å². The van der Waals surface area contributed by atoms with Crippen molar-refractivity contribution in [3.05, 3.63) is 55.8 Å². The van der Waals surface area contributed by atoms with Gasteiger partial charge in [0.05, 0.1) is 6.10 Å². The van der Waals surface area contributed by atoms with Crippen LogP contribution >= 0.6 is 0 Å². The number of nitrogens with two attached hydrogens (primary N) is 1. The van der Waals surface area contributed by atoms with Gasteiger partial charge < -0.3 is 10.3 Å². The van der Waals surface area contributed by atoms with Gasteiger partial charge in [-0.2, -0.15) is 5.84 Å². The van der Waals surface area contributed by atoms with Gasteiger partial charge in [0.25, 0.3) is 0 Å². The molecule has 1 saturated heterocycles. The Labute approximate surface area is 128 Å². The van der Waals surface area contributed by atoms with E-state index in [0.717, 1.165) is 0 Å². The first kappa shape index (κ1) is 17.9. The molecule has 4 nitrogen and oxygen atoms in total. The average molecular weight is 292 g/mol. The van der Waals surface area contributed by atoms with Crippen LogP contribution in [0.5, 0.6) is 0 Å². The molecular weight excluding hydrogens is 264 g/mol. The lowest BCUT2D eigenvalue weighted by atomic mass is 9.70. The zero-order chi connectivity index (χ0) is 16.1. The molecule has 21 heavy (non-hydrogen) atoms. The Bertz CT molecular complexity index is 359. The quantitative estimate of drug-likeness (QED) is 0.312. The van der Waals surface area contributed by atoms with E-state index in [1.54, 1.807) is 24.3 Å². The zero-order valence-corrected chi connectivity index (χ0v) is 12.8. The van der Waals surface area contributed by atoms with Gasteiger partial charge in [0.1, 0.15) is 11.1 Å². The maximum Gasteiger partial charge on any atom is 0.126 e. The summed E-state index contributed by atoms with van der Waals surface area (Å²) >= 11 is 0. The zero-order valence-electron chi connectivity index (χ0n) is 12.8. The molecule has 0 spiro atoms. The Balaban J connectivity index is 3.43. The van der Waals surface area contributed by atoms with Crippen LogP contribution in [0.1, 0.15) is 38.5 Å². The number of piperidine rings is 1. The third-order valence-electron chi connectivity index (χ3n) is 4.74. The van der Waals surface area contributed by atoms with E-state index in [9.17, 15) is 10.3 Å². The molecule has 0 bridgehead atoms. The maximum atomic E-state index is 13.5. The highest BCUT2D eigenvalue weighted by molar-refractivity contribution is 5.06. The van der Waals surface area contributed by atoms with Crippen molar-refractivity contribution in [2.45, 2.75) is 55.7 Å². The van der Waals surface area contributed by atoms with Gasteiger partial charge in [-0.1, -0.05) is 24.3 Å². The summed E-state index contributed by atoms with van der Waals surface area (Å²) in [6.45, 7) is 15.0. The second-order valence-corrected chi connectivity index (χ2v) is 6.14. The van der Waals surface area contributed by atoms with Crippen LogP contribution in [0.25, 0.3) is 0 Å². The number of hydroxylamine groups is 2. The van der Waals surface area contributed by atoms with Crippen molar-refractivity contribution in [2.24, 2.45) is 5.84 Å². The first-order valence-electron chi connectivity index (χ1n) is 7.35. The predicted molar refractivity (Wildman–Crippen MR) is 87.8 cm³/mol. The fourth-order valence-corrected chi connectivity index (χ4v) is 3.84. The van der Waals surface area contributed by atoms with Crippen molar-refractivity contribution < 1.29 is 9.86 Å². The van der Waals surface area contributed by atoms with Gasteiger partial charge in [0, 0.05) is 38.5 Å². The van der Waals surface area contributed by atoms with E-state index in [-0.39, 0.29) is 0 Å². The van der Waals surface area contributed by atoms with Crippen molar-refractivity contribution in [2.75, 3.05) is 0 Å². The minimum atomic E-state index is -0.910. The molecule has 0 aromatic heterocycles. The Morgan fingerprint density at radius 3 is 1.48 bits per heavy atom. The van der Waals surface area contributed by atoms with Crippen molar-refractivity contribution >= 4 is 0 Å². The Morgan fingerprint density at radius 1 is 0.952 bits per heavy atom. The number of aliphatic hydroxyl groups excluding tert-OH is 1. The number of rotatable bonds is 8. The lowest BCUT2D eigenvalue weighted by molar-refractivity contribution is -0.997. The van der Waals surface area contributed by atoms with E-state index in [0.29, 0.717) is 38.5 Å². The number of aliphatic hydroxyl groups is 1. The monoisotopic (exact) mass is 292 g/mol. The van der Waals surface area contributed by atoms with E-state index in [1.807, 2.05) is 0 Å². The minimum absolute atomic E-state index is 0.348. The molecule has 1 heterocycles. The summed E-state index contributed by atoms with van der Waals surface area (Å²) in [6.07, 6.45) is 8.67. The summed E-state index contributed by atoms with van der Waals surface area (Å²) in [4.78, 5) is 0. The fourth-order valence-electron chi connectivity index (χ4n) is 3.84. The molecule has 3 N–H and O–H groups in total. The van der Waals surface area contributed by atoms with E-state index in [4.69, 9.17) is 5.84 Å². The summed E-state index contributed by atoms with van der Waals surface area (Å²) < 4.78 is -0.910. The largest absolute Gasteiger partial charge is 0.611 e. The van der Waals surface area contributed by atoms with Gasteiger partial charge in [-0.05, 0) is 0 Å². The average Bonchev–Trinajstić information content (AvgIpc) is 2.37. The molecular formula is C17H28N2O2. The van der Waals surface area contributed by atoms with Crippen LogP contribution in [0.4, 0.5) is 0 Å². The molecule has 1 fully saturated rings. The SMILES string of the molecule is C=CCC1(CC=C)CC(O)CC(CC=C)(CC=C)[N+]1(N)[O-]. The van der Waals surface area contributed by atoms with Crippen LogP contribution in [0, 0.1) is 5.21 Å². The van der Waals surface area contributed by atoms with Crippen LogP contribution in [0.3, 0.4) is 0 Å². The number of nitrogens with zero attached hydrogens (tertiary/aromatic N) is 1. The summed E-state index contributed by atoms with van der Waals surface area (Å²) in [5.74, 6) is 6.32. The Hall–Kier alpha value is -1.20. The van der Waals surface area contributed by atoms with Crippen molar-refractivity contribution in [1.29, 1.82) is 0 Å². The summed E-state index contributed by atoms with van der Waals surface area (Å²) in [7, 11) is 0. The maximum absolute atomic E-state index is 13.5. The van der Waals surface area contributed by atoms with Gasteiger partial charge in [0.2, 0.25) is 0 Å². The van der Waals surface area contributed by atoms with Crippen molar-refractivity contribution in [1.82, 2.24) is 0 Å². The molecule has 4 heteroatoms. The van der Waals surface area contributed by atoms with Gasteiger partial charge in [0.15, 0.2) is 0 Å². The minimum Gasteiger partial charge on any atom is -0.611 e. The molecule has 0 radical (unpaired) electrons. The summed E-state index contributed by atoms with van der Waals surface area (Å²) in [6, 6.07) is 0. The van der Waals surface area contributed by atoms with Gasteiger partial charge >= 0.3 is 0 Å². The topological polar surface area (TPSA) is 69.3 Å². The highest BCUT2D eigenvalue weighted by Gasteiger charge is 2.59. The van der Waals surface area contributed by atoms with Crippen molar-refractivity contribution in [3.63, 3.8) is 0 Å². The Kier molecular flexibility index (Phi) is 5.70.